The summed E-state index contributed by atoms with van der Waals surface area (Å²) in [6, 6.07) is 7.58. The van der Waals surface area contributed by atoms with Gasteiger partial charge in [0.25, 0.3) is 0 Å². The molecule has 0 saturated carbocycles. The summed E-state index contributed by atoms with van der Waals surface area (Å²) in [4.78, 5) is 4.85. The molecule has 1 aromatic carbocycles. The van der Waals surface area contributed by atoms with Crippen LogP contribution in [0.5, 0.6) is 5.88 Å². The van der Waals surface area contributed by atoms with E-state index in [1.165, 1.54) is 0 Å². The monoisotopic (exact) mass is 375 g/mol. The van der Waals surface area contributed by atoms with Crippen molar-refractivity contribution < 1.29 is 25.3 Å². The molecule has 1 aromatic heterocycles. The van der Waals surface area contributed by atoms with Gasteiger partial charge in [-0.3, -0.25) is 4.90 Å². The van der Waals surface area contributed by atoms with E-state index < -0.39 is 0 Å². The van der Waals surface area contributed by atoms with Crippen LogP contribution in [0.1, 0.15) is 13.8 Å². The van der Waals surface area contributed by atoms with Crippen molar-refractivity contribution in [1.29, 1.82) is 0 Å². The van der Waals surface area contributed by atoms with Crippen molar-refractivity contribution in [2.24, 2.45) is 5.11 Å². The molecule has 2 aromatic rings. The normalized spacial score (nSPS) is 10.5. The Kier molecular flexibility index (Phi) is 7.67. The Bertz CT molecular complexity index is 628. The van der Waals surface area contributed by atoms with Crippen molar-refractivity contribution in [1.82, 2.24) is 9.88 Å². The van der Waals surface area contributed by atoms with E-state index in [2.05, 4.69) is 40.4 Å². The van der Waals surface area contributed by atoms with Crippen molar-refractivity contribution in [3.63, 3.8) is 0 Å². The average molecular weight is 376 g/mol. The molecule has 5 nitrogen and oxygen atoms in total. The van der Waals surface area contributed by atoms with Gasteiger partial charge in [-0.25, -0.2) is 0 Å². The third-order valence-electron chi connectivity index (χ3n) is 2.97. The molecule has 0 aliphatic rings. The van der Waals surface area contributed by atoms with Crippen LogP contribution in [0.3, 0.4) is 0 Å². The van der Waals surface area contributed by atoms with Gasteiger partial charge in [0.05, 0.1) is 18.6 Å². The molecule has 0 saturated heterocycles. The van der Waals surface area contributed by atoms with Crippen molar-refractivity contribution >= 4 is 44.0 Å². The first kappa shape index (κ1) is 17.9. The number of thiocarbonyl (C=S) groups is 1. The number of halogens is 1. The van der Waals surface area contributed by atoms with E-state index in [4.69, 9.17) is 12.2 Å². The number of nitrogens with zero attached hydrogens (tertiary/aromatic N) is 2. The Balaban J connectivity index is 0.00000106. The molecule has 0 fully saturated rings. The van der Waals surface area contributed by atoms with Crippen LogP contribution >= 0.6 is 22.3 Å². The molecule has 0 radical (unpaired) electrons. The molecule has 0 amide bonds. The van der Waals surface area contributed by atoms with Gasteiger partial charge in [0.15, 0.2) is 5.69 Å². The second-order valence-electron chi connectivity index (χ2n) is 4.07. The number of fused-ring (bicyclic) bond motifs is 1. The molecule has 21 heavy (non-hydrogen) atoms. The Morgan fingerprint density at radius 2 is 2.00 bits per heavy atom. The van der Waals surface area contributed by atoms with Gasteiger partial charge in [-0.05, 0) is 19.9 Å². The number of benzene rings is 1. The number of nitrogens with one attached hydrogen (secondary N) is 2. The van der Waals surface area contributed by atoms with Crippen molar-refractivity contribution in [2.45, 2.75) is 13.8 Å². The standard InChI is InChI=1S/C13H16N4OS.ClH.Cu/c1-3-17(4-2)13(19)16-15-11-9-7-5-6-8-10(9)14-12(11)18;;/h5-8,14,18H,3-4H2,1-2H3;1H;/q;;+2. The maximum absolute atomic E-state index is 9.85. The fraction of sp³-hybridized carbons (Fsp3) is 0.308. The molecule has 0 atom stereocenters. The Hall–Kier alpha value is -1.14. The number of para-hydroxylation sites is 1. The van der Waals surface area contributed by atoms with Gasteiger partial charge in [-0.1, -0.05) is 23.3 Å². The number of aromatic amines is 1. The zero-order valence-corrected chi connectivity index (χ0v) is 14.2. The topological polar surface area (TPSA) is 65.6 Å². The molecule has 0 unspecified atom stereocenters. The molecule has 0 aliphatic carbocycles. The maximum atomic E-state index is 9.85. The molecule has 1 heterocycles. The van der Waals surface area contributed by atoms with Gasteiger partial charge < -0.3 is 10.1 Å². The van der Waals surface area contributed by atoms with Crippen molar-refractivity contribution in [3.05, 3.63) is 24.3 Å². The van der Waals surface area contributed by atoms with Crippen LogP contribution in [-0.4, -0.2) is 33.2 Å². The minimum atomic E-state index is 0.0380. The summed E-state index contributed by atoms with van der Waals surface area (Å²) in [5.74, 6) is 0.0380. The van der Waals surface area contributed by atoms with Gasteiger partial charge in [-0.2, -0.15) is 0 Å². The average Bonchev–Trinajstić information content (AvgIpc) is 2.84. The molecule has 117 valence electrons. The first-order chi connectivity index (χ1) is 10.2. The molecule has 0 bridgehead atoms. The van der Waals surface area contributed by atoms with E-state index in [1.54, 1.807) is 0 Å². The third kappa shape index (κ3) is 4.41. The number of hydrogen-bond acceptors (Lipinski definition) is 3. The Morgan fingerprint density at radius 3 is 2.62 bits per heavy atom. The molecule has 3 N–H and O–H groups in total. The van der Waals surface area contributed by atoms with Crippen LogP contribution < -0.4 is 5.11 Å². The number of rotatable bonds is 3. The van der Waals surface area contributed by atoms with Gasteiger partial charge in [0.2, 0.25) is 5.88 Å². The van der Waals surface area contributed by atoms with E-state index >= 15 is 0 Å². The van der Waals surface area contributed by atoms with E-state index in [9.17, 15) is 5.11 Å². The number of aromatic hydroxyl groups is 1. The zero-order chi connectivity index (χ0) is 15.8. The van der Waals surface area contributed by atoms with Crippen LogP contribution in [0.25, 0.3) is 10.9 Å². The van der Waals surface area contributed by atoms with Crippen LogP contribution in [0, 0.1) is 0 Å². The first-order valence-corrected chi connectivity index (χ1v) is 8.04. The summed E-state index contributed by atoms with van der Waals surface area (Å²) in [7, 11) is 4.20. The van der Waals surface area contributed by atoms with Gasteiger partial charge in [0, 0.05) is 17.6 Å². The predicted molar refractivity (Wildman–Crippen MR) is 84.4 cm³/mol. The summed E-state index contributed by atoms with van der Waals surface area (Å²) in [6.45, 7) is 5.69. The van der Waals surface area contributed by atoms with Crippen LogP contribution in [-0.2, 0) is 15.1 Å². The van der Waals surface area contributed by atoms with Gasteiger partial charge in [-0.15, -0.1) is 5.11 Å². The van der Waals surface area contributed by atoms with Gasteiger partial charge in [0.1, 0.15) is 0 Å². The van der Waals surface area contributed by atoms with Crippen LogP contribution in [0.2, 0.25) is 0 Å². The number of azo groups is 1. The van der Waals surface area contributed by atoms with Gasteiger partial charge >= 0.3 is 30.3 Å². The molecule has 8 heteroatoms. The third-order valence-corrected chi connectivity index (χ3v) is 3.32. The summed E-state index contributed by atoms with van der Waals surface area (Å²) >= 11 is 8.90. The summed E-state index contributed by atoms with van der Waals surface area (Å²) in [5.41, 5.74) is 1.32. The molecule has 0 spiro atoms. The van der Waals surface area contributed by atoms with Crippen LogP contribution in [0.15, 0.2) is 29.4 Å². The second-order valence-corrected chi connectivity index (χ2v) is 4.46. The number of H-pyrrole nitrogens is 1. The minimum absolute atomic E-state index is 0.0380. The quantitative estimate of drug-likeness (QED) is 0.438. The molecular formula is C13H17ClCuN4OS+2. The van der Waals surface area contributed by atoms with Crippen molar-refractivity contribution in [2.75, 3.05) is 13.1 Å². The van der Waals surface area contributed by atoms with E-state index in [0.717, 1.165) is 24.0 Å². The fourth-order valence-corrected chi connectivity index (χ4v) is 2.22. The molecule has 2 rings (SSSR count). The van der Waals surface area contributed by atoms with E-state index in [1.807, 2.05) is 43.0 Å². The SMILES string of the molecule is CCN(CC)C(=S)[NH+]=Nc1c(O)[nH]c2ccccc12.[Cl][Cu+]. The van der Waals surface area contributed by atoms with Crippen molar-refractivity contribution in [3.8, 4) is 5.88 Å². The summed E-state index contributed by atoms with van der Waals surface area (Å²) in [6.07, 6.45) is 0. The van der Waals surface area contributed by atoms with Crippen LogP contribution in [0.4, 0.5) is 5.69 Å². The Morgan fingerprint density at radius 1 is 1.38 bits per heavy atom. The number of hydrogen-bond donors (Lipinski definition) is 3. The zero-order valence-electron chi connectivity index (χ0n) is 11.7. The number of aromatic nitrogens is 1. The van der Waals surface area contributed by atoms with E-state index in [-0.39, 0.29) is 5.88 Å². The summed E-state index contributed by atoms with van der Waals surface area (Å²) < 4.78 is 0. The fourth-order valence-electron chi connectivity index (χ4n) is 1.91. The van der Waals surface area contributed by atoms with E-state index in [0.29, 0.717) is 10.8 Å². The molecule has 0 aliphatic heterocycles. The second kappa shape index (κ2) is 9.00. The molecular weight excluding hydrogens is 359 g/mol. The predicted octanol–water partition coefficient (Wildman–Crippen LogP) is 2.35. The first-order valence-electron chi connectivity index (χ1n) is 6.34. The Labute approximate surface area is 141 Å². The summed E-state index contributed by atoms with van der Waals surface area (Å²) in [5, 5.41) is 18.3.